The Hall–Kier alpha value is -3.15. The molecule has 1 atom stereocenters. The van der Waals surface area contributed by atoms with Gasteiger partial charge in [-0.15, -0.1) is 0 Å². The predicted octanol–water partition coefficient (Wildman–Crippen LogP) is 4.05. The van der Waals surface area contributed by atoms with Gasteiger partial charge in [0, 0.05) is 33.4 Å². The molecule has 0 unspecified atom stereocenters. The Balaban J connectivity index is 1.87. The summed E-state index contributed by atoms with van der Waals surface area (Å²) < 4.78 is 5.41. The molecular weight excluding hydrogens is 344 g/mol. The van der Waals surface area contributed by atoms with Gasteiger partial charge in [-0.2, -0.15) is 0 Å². The molecule has 1 aromatic carbocycles. The SMILES string of the molecule is CC(=O)c1c(C)[nH]c(C(=O)O[C@H](C)C(=O)c2c(C)[nH]c3ccccc23)c1C. The molecule has 0 amide bonds. The van der Waals surface area contributed by atoms with Crippen LogP contribution in [0.2, 0.25) is 0 Å². The number of nitrogens with one attached hydrogen (secondary N) is 2. The first-order valence-corrected chi connectivity index (χ1v) is 8.75. The molecule has 0 aliphatic rings. The molecule has 0 aliphatic carbocycles. The van der Waals surface area contributed by atoms with Crippen molar-refractivity contribution < 1.29 is 19.1 Å². The van der Waals surface area contributed by atoms with E-state index in [1.807, 2.05) is 31.2 Å². The maximum Gasteiger partial charge on any atom is 0.355 e. The van der Waals surface area contributed by atoms with Crippen LogP contribution in [-0.4, -0.2) is 33.6 Å². The number of H-pyrrole nitrogens is 2. The molecule has 0 bridgehead atoms. The summed E-state index contributed by atoms with van der Waals surface area (Å²) in [5, 5.41) is 0.800. The number of ketones is 2. The summed E-state index contributed by atoms with van der Waals surface area (Å²) >= 11 is 0. The maximum atomic E-state index is 12.9. The minimum Gasteiger partial charge on any atom is -0.450 e. The number of benzene rings is 1. The second-order valence-electron chi connectivity index (χ2n) is 6.76. The zero-order valence-corrected chi connectivity index (χ0v) is 16.0. The number of carbonyl (C=O) groups excluding carboxylic acids is 3. The van der Waals surface area contributed by atoms with Gasteiger partial charge in [-0.3, -0.25) is 9.59 Å². The van der Waals surface area contributed by atoms with Gasteiger partial charge in [0.15, 0.2) is 11.9 Å². The first-order valence-electron chi connectivity index (χ1n) is 8.75. The summed E-state index contributed by atoms with van der Waals surface area (Å²) in [7, 11) is 0. The van der Waals surface area contributed by atoms with E-state index in [0.717, 1.165) is 16.6 Å². The molecule has 0 saturated carbocycles. The summed E-state index contributed by atoms with van der Waals surface area (Å²) in [6.45, 7) is 8.24. The van der Waals surface area contributed by atoms with E-state index in [-0.39, 0.29) is 17.3 Å². The van der Waals surface area contributed by atoms with Crippen LogP contribution in [0.25, 0.3) is 10.9 Å². The van der Waals surface area contributed by atoms with Gasteiger partial charge in [0.25, 0.3) is 0 Å². The number of aromatic amines is 2. The number of hydrogen-bond donors (Lipinski definition) is 2. The van der Waals surface area contributed by atoms with E-state index >= 15 is 0 Å². The van der Waals surface area contributed by atoms with Crippen LogP contribution in [0.3, 0.4) is 0 Å². The van der Waals surface area contributed by atoms with Gasteiger partial charge in [-0.05, 0) is 46.2 Å². The molecule has 3 rings (SSSR count). The Kier molecular flexibility index (Phi) is 4.74. The Morgan fingerprint density at radius 2 is 1.59 bits per heavy atom. The lowest BCUT2D eigenvalue weighted by atomic mass is 10.0. The largest absolute Gasteiger partial charge is 0.450 e. The standard InChI is InChI=1S/C21H22N2O4/c1-10-17(13(4)24)11(2)23-19(10)21(26)27-14(5)20(25)18-12(3)22-16-9-7-6-8-15(16)18/h6-9,14,22-23H,1-5H3/t14-/m1/s1. The van der Waals surface area contributed by atoms with Gasteiger partial charge < -0.3 is 14.7 Å². The lowest BCUT2D eigenvalue weighted by Crippen LogP contribution is -2.25. The first kappa shape index (κ1) is 18.6. The van der Waals surface area contributed by atoms with Crippen LogP contribution in [0, 0.1) is 20.8 Å². The fourth-order valence-corrected chi connectivity index (χ4v) is 3.55. The number of Topliss-reactive ketones (excluding diaryl/α,β-unsaturated/α-hetero) is 2. The molecule has 0 aliphatic heterocycles. The van der Waals surface area contributed by atoms with Crippen LogP contribution in [0.4, 0.5) is 0 Å². The molecule has 2 N–H and O–H groups in total. The quantitative estimate of drug-likeness (QED) is 0.526. The summed E-state index contributed by atoms with van der Waals surface area (Å²) in [5.74, 6) is -1.05. The van der Waals surface area contributed by atoms with Crippen molar-refractivity contribution in [2.24, 2.45) is 0 Å². The minimum atomic E-state index is -0.959. The van der Waals surface area contributed by atoms with Crippen LogP contribution < -0.4 is 0 Å². The molecule has 0 fully saturated rings. The number of carbonyl (C=O) groups is 3. The molecule has 0 saturated heterocycles. The summed E-state index contributed by atoms with van der Waals surface area (Å²) in [5.41, 5.74) is 3.94. The molecule has 2 aromatic heterocycles. The van der Waals surface area contributed by atoms with Gasteiger partial charge in [-0.25, -0.2) is 4.79 Å². The normalized spacial score (nSPS) is 12.2. The highest BCUT2D eigenvalue weighted by Crippen LogP contribution is 2.25. The Morgan fingerprint density at radius 3 is 2.22 bits per heavy atom. The topological polar surface area (TPSA) is 92.0 Å². The molecule has 6 nitrogen and oxygen atoms in total. The molecular formula is C21H22N2O4. The van der Waals surface area contributed by atoms with Crippen LogP contribution >= 0.6 is 0 Å². The van der Waals surface area contributed by atoms with Crippen molar-refractivity contribution in [3.05, 3.63) is 58.0 Å². The second kappa shape index (κ2) is 6.87. The monoisotopic (exact) mass is 366 g/mol. The minimum absolute atomic E-state index is 0.126. The van der Waals surface area contributed by atoms with E-state index in [0.29, 0.717) is 22.4 Å². The Morgan fingerprint density at radius 1 is 0.963 bits per heavy atom. The van der Waals surface area contributed by atoms with Gasteiger partial charge in [0.2, 0.25) is 5.78 Å². The van der Waals surface area contributed by atoms with E-state index in [4.69, 9.17) is 4.74 Å². The van der Waals surface area contributed by atoms with Crippen molar-refractivity contribution >= 4 is 28.4 Å². The van der Waals surface area contributed by atoms with Gasteiger partial charge in [-0.1, -0.05) is 18.2 Å². The van der Waals surface area contributed by atoms with Crippen LogP contribution in [0.5, 0.6) is 0 Å². The van der Waals surface area contributed by atoms with Crippen molar-refractivity contribution in [1.82, 2.24) is 9.97 Å². The molecule has 6 heteroatoms. The van der Waals surface area contributed by atoms with Gasteiger partial charge >= 0.3 is 5.97 Å². The zero-order chi connectivity index (χ0) is 19.9. The van der Waals surface area contributed by atoms with E-state index < -0.39 is 12.1 Å². The summed E-state index contributed by atoms with van der Waals surface area (Å²) in [6, 6.07) is 7.50. The van der Waals surface area contributed by atoms with Crippen molar-refractivity contribution in [2.45, 2.75) is 40.7 Å². The van der Waals surface area contributed by atoms with Gasteiger partial charge in [0.05, 0.1) is 0 Å². The number of para-hydroxylation sites is 1. The number of aryl methyl sites for hydroxylation is 2. The average molecular weight is 366 g/mol. The van der Waals surface area contributed by atoms with Crippen molar-refractivity contribution in [3.63, 3.8) is 0 Å². The molecule has 3 aromatic rings. The van der Waals surface area contributed by atoms with E-state index in [9.17, 15) is 14.4 Å². The van der Waals surface area contributed by atoms with E-state index in [2.05, 4.69) is 9.97 Å². The number of esters is 1. The summed E-state index contributed by atoms with van der Waals surface area (Å²) in [4.78, 5) is 43.3. The molecule has 0 spiro atoms. The highest BCUT2D eigenvalue weighted by molar-refractivity contribution is 6.12. The highest BCUT2D eigenvalue weighted by atomic mass is 16.5. The fourth-order valence-electron chi connectivity index (χ4n) is 3.55. The zero-order valence-electron chi connectivity index (χ0n) is 16.0. The second-order valence-corrected chi connectivity index (χ2v) is 6.76. The van der Waals surface area contributed by atoms with E-state index in [1.165, 1.54) is 6.92 Å². The third kappa shape index (κ3) is 3.18. The Labute approximate surface area is 156 Å². The average Bonchev–Trinajstić information content (AvgIpc) is 3.09. The maximum absolute atomic E-state index is 12.9. The lowest BCUT2D eigenvalue weighted by Gasteiger charge is -2.12. The Bertz CT molecular complexity index is 1070. The number of rotatable bonds is 5. The van der Waals surface area contributed by atoms with Crippen LogP contribution in [-0.2, 0) is 4.74 Å². The number of ether oxygens (including phenoxy) is 1. The van der Waals surface area contributed by atoms with Crippen molar-refractivity contribution in [1.29, 1.82) is 0 Å². The fraction of sp³-hybridized carbons (Fsp3) is 0.286. The molecule has 2 heterocycles. The van der Waals surface area contributed by atoms with Crippen LogP contribution in [0.1, 0.15) is 62.0 Å². The number of fused-ring (bicyclic) bond motifs is 1. The third-order valence-electron chi connectivity index (χ3n) is 4.79. The molecule has 140 valence electrons. The molecule has 27 heavy (non-hydrogen) atoms. The molecule has 0 radical (unpaired) electrons. The van der Waals surface area contributed by atoms with Crippen molar-refractivity contribution in [2.75, 3.05) is 0 Å². The lowest BCUT2D eigenvalue weighted by molar-refractivity contribution is 0.0313. The van der Waals surface area contributed by atoms with Gasteiger partial charge in [0.1, 0.15) is 5.69 Å². The highest BCUT2D eigenvalue weighted by Gasteiger charge is 2.27. The smallest absolute Gasteiger partial charge is 0.355 e. The summed E-state index contributed by atoms with van der Waals surface area (Å²) in [6.07, 6.45) is -0.959. The first-order chi connectivity index (χ1) is 12.7. The van der Waals surface area contributed by atoms with Crippen LogP contribution in [0.15, 0.2) is 24.3 Å². The van der Waals surface area contributed by atoms with E-state index in [1.54, 1.807) is 20.8 Å². The number of aromatic nitrogens is 2. The third-order valence-corrected chi connectivity index (χ3v) is 4.79. The predicted molar refractivity (Wildman–Crippen MR) is 103 cm³/mol. The number of hydrogen-bond acceptors (Lipinski definition) is 4. The van der Waals surface area contributed by atoms with Crippen molar-refractivity contribution in [3.8, 4) is 0 Å².